The van der Waals surface area contributed by atoms with E-state index in [1.165, 1.54) is 0 Å². The molecular weight excluding hydrogens is 213 g/mol. The molecule has 1 aliphatic carbocycles. The zero-order valence-electron chi connectivity index (χ0n) is 9.49. The number of benzene rings is 1. The van der Waals surface area contributed by atoms with Gasteiger partial charge >= 0.3 is 0 Å². The first-order chi connectivity index (χ1) is 8.11. The van der Waals surface area contributed by atoms with Crippen molar-refractivity contribution in [1.29, 1.82) is 5.26 Å². The lowest BCUT2D eigenvalue weighted by Crippen LogP contribution is -2.11. The van der Waals surface area contributed by atoms with Gasteiger partial charge in [-0.05, 0) is 31.7 Å². The van der Waals surface area contributed by atoms with Gasteiger partial charge in [-0.25, -0.2) is 5.26 Å². The number of hydrogen-bond acceptors (Lipinski definition) is 3. The normalized spacial score (nSPS) is 18.2. The number of nitriles is 1. The summed E-state index contributed by atoms with van der Waals surface area (Å²) in [6.45, 7) is 1.66. The molecule has 2 aliphatic rings. The van der Waals surface area contributed by atoms with Gasteiger partial charge in [-0.3, -0.25) is 9.59 Å². The molecule has 4 heteroatoms. The predicted octanol–water partition coefficient (Wildman–Crippen LogP) is 1.44. The summed E-state index contributed by atoms with van der Waals surface area (Å²) in [7, 11) is 0. The van der Waals surface area contributed by atoms with Crippen LogP contribution in [0.15, 0.2) is 12.1 Å². The molecule has 0 fully saturated rings. The molecule has 0 spiro atoms. The Morgan fingerprint density at radius 3 is 2.06 bits per heavy atom. The molecule has 1 heterocycles. The van der Waals surface area contributed by atoms with Crippen LogP contribution in [0, 0.1) is 17.1 Å². The summed E-state index contributed by atoms with van der Waals surface area (Å²) in [5.41, 5.74) is 3.23. The summed E-state index contributed by atoms with van der Waals surface area (Å²) in [5.74, 6) is 1.57. The second-order valence-corrected chi connectivity index (χ2v) is 4.85. The topological polar surface area (TPSA) is 57.9 Å². The van der Waals surface area contributed by atoms with Gasteiger partial charge in [-0.2, -0.15) is 0 Å². The van der Waals surface area contributed by atoms with Crippen molar-refractivity contribution in [2.75, 3.05) is 0 Å². The Hall–Kier alpha value is -1.89. The van der Waals surface area contributed by atoms with Gasteiger partial charge in [0.05, 0.1) is 5.92 Å². The first-order valence-corrected chi connectivity index (χ1v) is 5.75. The first kappa shape index (κ1) is 10.3. The van der Waals surface area contributed by atoms with Crippen LogP contribution < -0.4 is 0 Å². The van der Waals surface area contributed by atoms with Gasteiger partial charge in [-0.15, -0.1) is 0 Å². The fourth-order valence-corrected chi connectivity index (χ4v) is 2.76. The standard InChI is InChI=1S/C13H10BNO2/c1-7-12(16)10-2-8-4-14(6-15)5-9(8)3-11(10)13(7)17/h2-3,7H,4-5H2,1H3. The number of rotatable bonds is 0. The Labute approximate surface area is 99.5 Å². The summed E-state index contributed by atoms with van der Waals surface area (Å²) in [5, 5.41) is 8.91. The van der Waals surface area contributed by atoms with Crippen LogP contribution in [0.4, 0.5) is 0 Å². The van der Waals surface area contributed by atoms with E-state index in [4.69, 9.17) is 5.26 Å². The lowest BCUT2D eigenvalue weighted by molar-refractivity contribution is 0.0852. The van der Waals surface area contributed by atoms with Gasteiger partial charge in [0.25, 0.3) is 6.71 Å². The van der Waals surface area contributed by atoms with Gasteiger partial charge in [0.1, 0.15) is 0 Å². The molecule has 0 amide bonds. The molecule has 0 saturated heterocycles. The molecule has 3 rings (SSSR count). The van der Waals surface area contributed by atoms with Crippen molar-refractivity contribution in [3.8, 4) is 5.97 Å². The van der Waals surface area contributed by atoms with Crippen molar-refractivity contribution >= 4 is 18.3 Å². The maximum atomic E-state index is 11.9. The minimum Gasteiger partial charge on any atom is -0.293 e. The third-order valence-electron chi connectivity index (χ3n) is 3.77. The van der Waals surface area contributed by atoms with Crippen LogP contribution in [0.1, 0.15) is 38.8 Å². The summed E-state index contributed by atoms with van der Waals surface area (Å²) in [4.78, 5) is 23.7. The lowest BCUT2D eigenvalue weighted by Gasteiger charge is -2.02. The molecule has 0 atom stereocenters. The van der Waals surface area contributed by atoms with Crippen LogP contribution >= 0.6 is 0 Å². The van der Waals surface area contributed by atoms with Crippen molar-refractivity contribution in [2.24, 2.45) is 5.92 Å². The summed E-state index contributed by atoms with van der Waals surface area (Å²) < 4.78 is 0. The van der Waals surface area contributed by atoms with Crippen LogP contribution in [0.25, 0.3) is 0 Å². The molecule has 82 valence electrons. The van der Waals surface area contributed by atoms with Crippen LogP contribution in [0.5, 0.6) is 0 Å². The van der Waals surface area contributed by atoms with Gasteiger partial charge in [0.15, 0.2) is 11.6 Å². The highest BCUT2D eigenvalue weighted by atomic mass is 16.2. The number of nitrogens with zero attached hydrogens (tertiary/aromatic N) is 1. The third kappa shape index (κ3) is 1.29. The highest BCUT2D eigenvalue weighted by Crippen LogP contribution is 2.32. The number of Topliss-reactive ketones (excluding diaryl/α,β-unsaturated/α-hetero) is 2. The summed E-state index contributed by atoms with van der Waals surface area (Å²) >= 11 is 0. The second-order valence-electron chi connectivity index (χ2n) is 4.85. The molecule has 17 heavy (non-hydrogen) atoms. The second kappa shape index (κ2) is 3.30. The Morgan fingerprint density at radius 2 is 1.65 bits per heavy atom. The van der Waals surface area contributed by atoms with Gasteiger partial charge in [0.2, 0.25) is 0 Å². The molecule has 0 aromatic heterocycles. The summed E-state index contributed by atoms with van der Waals surface area (Å²) in [6.07, 6.45) is 1.41. The van der Waals surface area contributed by atoms with E-state index in [0.717, 1.165) is 11.1 Å². The van der Waals surface area contributed by atoms with E-state index in [1.807, 2.05) is 12.1 Å². The number of fused-ring (bicyclic) bond motifs is 2. The van der Waals surface area contributed by atoms with E-state index in [-0.39, 0.29) is 18.3 Å². The van der Waals surface area contributed by atoms with Gasteiger partial charge in [0, 0.05) is 17.1 Å². The zero-order chi connectivity index (χ0) is 12.2. The number of hydrogen-bond donors (Lipinski definition) is 0. The molecule has 0 saturated carbocycles. The minimum atomic E-state index is -0.528. The minimum absolute atomic E-state index is 0.00449. The SMILES string of the molecule is CC1C(=O)c2cc3c(cc2C1=O)CB(C#N)C3. The molecule has 0 N–H and O–H groups in total. The van der Waals surface area contributed by atoms with Crippen LogP contribution in [-0.4, -0.2) is 18.3 Å². The van der Waals surface area contributed by atoms with E-state index in [1.54, 1.807) is 6.92 Å². The lowest BCUT2D eigenvalue weighted by atomic mass is 9.49. The van der Waals surface area contributed by atoms with Gasteiger partial charge < -0.3 is 0 Å². The monoisotopic (exact) mass is 223 g/mol. The predicted molar refractivity (Wildman–Crippen MR) is 63.0 cm³/mol. The smallest absolute Gasteiger partial charge is 0.276 e. The number of ketones is 2. The van der Waals surface area contributed by atoms with Gasteiger partial charge in [-0.1, -0.05) is 11.1 Å². The van der Waals surface area contributed by atoms with E-state index in [0.29, 0.717) is 23.8 Å². The highest BCUT2D eigenvalue weighted by Gasteiger charge is 2.37. The van der Waals surface area contributed by atoms with E-state index in [2.05, 4.69) is 5.97 Å². The third-order valence-corrected chi connectivity index (χ3v) is 3.77. The van der Waals surface area contributed by atoms with E-state index >= 15 is 0 Å². The Bertz CT molecular complexity index is 555. The molecule has 0 unspecified atom stereocenters. The molecular formula is C13H10BNO2. The molecule has 1 aromatic carbocycles. The molecule has 0 radical (unpaired) electrons. The Morgan fingerprint density at radius 1 is 1.18 bits per heavy atom. The van der Waals surface area contributed by atoms with Crippen molar-refractivity contribution in [3.05, 3.63) is 34.4 Å². The van der Waals surface area contributed by atoms with Crippen molar-refractivity contribution in [1.82, 2.24) is 0 Å². The van der Waals surface area contributed by atoms with Crippen LogP contribution in [-0.2, 0) is 12.6 Å². The van der Waals surface area contributed by atoms with Crippen molar-refractivity contribution in [3.63, 3.8) is 0 Å². The van der Waals surface area contributed by atoms with E-state index < -0.39 is 5.92 Å². The first-order valence-electron chi connectivity index (χ1n) is 5.75. The maximum absolute atomic E-state index is 11.9. The Kier molecular flexibility index (Phi) is 2.00. The quantitative estimate of drug-likeness (QED) is 0.493. The largest absolute Gasteiger partial charge is 0.293 e. The molecule has 0 bridgehead atoms. The number of carbonyl (C=O) groups excluding carboxylic acids is 2. The average Bonchev–Trinajstić information content (AvgIpc) is 2.83. The fourth-order valence-electron chi connectivity index (χ4n) is 2.76. The Balaban J connectivity index is 2.14. The fraction of sp³-hybridized carbons (Fsp3) is 0.308. The van der Waals surface area contributed by atoms with Crippen LogP contribution in [0.2, 0.25) is 0 Å². The number of carbonyl (C=O) groups is 2. The zero-order valence-corrected chi connectivity index (χ0v) is 9.49. The summed E-state index contributed by atoms with van der Waals surface area (Å²) in [6, 6.07) is 3.65. The van der Waals surface area contributed by atoms with Crippen molar-refractivity contribution < 1.29 is 9.59 Å². The maximum Gasteiger partial charge on any atom is 0.276 e. The van der Waals surface area contributed by atoms with Crippen LogP contribution in [0.3, 0.4) is 0 Å². The molecule has 3 nitrogen and oxygen atoms in total. The highest BCUT2D eigenvalue weighted by molar-refractivity contribution is 6.67. The van der Waals surface area contributed by atoms with E-state index in [9.17, 15) is 9.59 Å². The molecule has 1 aliphatic heterocycles. The molecule has 1 aromatic rings. The average molecular weight is 223 g/mol. The van der Waals surface area contributed by atoms with Crippen molar-refractivity contribution in [2.45, 2.75) is 19.6 Å².